The molecule has 1 heterocycles. The van der Waals surface area contributed by atoms with Crippen LogP contribution in [0.1, 0.15) is 40.7 Å². The molecule has 162 valence electrons. The Morgan fingerprint density at radius 2 is 1.71 bits per heavy atom. The summed E-state index contributed by atoms with van der Waals surface area (Å²) in [4.78, 5) is 16.9. The second kappa shape index (κ2) is 10.3. The van der Waals surface area contributed by atoms with Crippen LogP contribution in [0.4, 0.5) is 0 Å². The first-order chi connectivity index (χ1) is 15.0. The van der Waals surface area contributed by atoms with Crippen LogP contribution in [0.3, 0.4) is 0 Å². The van der Waals surface area contributed by atoms with Gasteiger partial charge in [0.05, 0.1) is 25.5 Å². The van der Waals surface area contributed by atoms with Gasteiger partial charge in [0.15, 0.2) is 0 Å². The normalized spacial score (nSPS) is 10.7. The molecule has 0 unspecified atom stereocenters. The molecule has 31 heavy (non-hydrogen) atoms. The molecule has 0 saturated carbocycles. The summed E-state index contributed by atoms with van der Waals surface area (Å²) < 4.78 is 10.8. The smallest absolute Gasteiger partial charge is 0.337 e. The van der Waals surface area contributed by atoms with Gasteiger partial charge in [0, 0.05) is 16.3 Å². The molecule has 0 aliphatic rings. The number of aromatic carboxylic acids is 1. The molecule has 1 aromatic heterocycles. The van der Waals surface area contributed by atoms with Gasteiger partial charge in [-0.3, -0.25) is 4.98 Å². The average molecular weight is 440 g/mol. The minimum Gasteiger partial charge on any atom is -0.497 e. The standard InChI is InChI=1S/C25H26ClNO4/c1-4-5-22-20(16-6-9-18(26)10-7-16)15-21(25(28)29)23(27-22)12-8-17-14-19(30-2)11-13-24(17)31-3/h6-7,9-11,13-15H,4-5,8,12H2,1-3H3,(H,28,29). The number of carboxylic acid groups (broad SMARTS) is 1. The Morgan fingerprint density at radius 1 is 0.968 bits per heavy atom. The highest BCUT2D eigenvalue weighted by molar-refractivity contribution is 6.30. The van der Waals surface area contributed by atoms with Crippen LogP contribution in [0.15, 0.2) is 48.5 Å². The molecule has 3 rings (SSSR count). The van der Waals surface area contributed by atoms with E-state index in [0.717, 1.165) is 46.7 Å². The number of halogens is 1. The van der Waals surface area contributed by atoms with E-state index in [1.54, 1.807) is 32.4 Å². The average Bonchev–Trinajstić information content (AvgIpc) is 2.78. The van der Waals surface area contributed by atoms with Crippen LogP contribution in [-0.4, -0.2) is 30.3 Å². The zero-order chi connectivity index (χ0) is 22.4. The van der Waals surface area contributed by atoms with Crippen LogP contribution in [-0.2, 0) is 19.3 Å². The topological polar surface area (TPSA) is 68.7 Å². The first-order valence-electron chi connectivity index (χ1n) is 10.2. The van der Waals surface area contributed by atoms with Crippen molar-refractivity contribution in [2.45, 2.75) is 32.6 Å². The van der Waals surface area contributed by atoms with Crippen LogP contribution in [0, 0.1) is 0 Å². The van der Waals surface area contributed by atoms with Gasteiger partial charge in [0.1, 0.15) is 11.5 Å². The first kappa shape index (κ1) is 22.6. The number of ether oxygens (including phenoxy) is 2. The molecule has 5 nitrogen and oxygen atoms in total. The summed E-state index contributed by atoms with van der Waals surface area (Å²) in [7, 11) is 3.23. The summed E-state index contributed by atoms with van der Waals surface area (Å²) in [5.41, 5.74) is 4.36. The van der Waals surface area contributed by atoms with Gasteiger partial charge in [0.25, 0.3) is 0 Å². The minimum absolute atomic E-state index is 0.215. The lowest BCUT2D eigenvalue weighted by molar-refractivity contribution is 0.0695. The number of carbonyl (C=O) groups is 1. The van der Waals surface area contributed by atoms with E-state index >= 15 is 0 Å². The van der Waals surface area contributed by atoms with Crippen molar-refractivity contribution in [3.05, 3.63) is 76.1 Å². The van der Waals surface area contributed by atoms with Crippen LogP contribution in [0.5, 0.6) is 11.5 Å². The Labute approximate surface area is 187 Å². The number of hydrogen-bond acceptors (Lipinski definition) is 4. The lowest BCUT2D eigenvalue weighted by Crippen LogP contribution is -2.10. The molecule has 1 N–H and O–H groups in total. The minimum atomic E-state index is -0.988. The van der Waals surface area contributed by atoms with Gasteiger partial charge in [0.2, 0.25) is 0 Å². The number of aromatic nitrogens is 1. The summed E-state index contributed by atoms with van der Waals surface area (Å²) in [6.45, 7) is 2.08. The Hall–Kier alpha value is -3.05. The van der Waals surface area contributed by atoms with Crippen LogP contribution in [0.25, 0.3) is 11.1 Å². The van der Waals surface area contributed by atoms with E-state index < -0.39 is 5.97 Å². The van der Waals surface area contributed by atoms with Gasteiger partial charge in [-0.25, -0.2) is 4.79 Å². The van der Waals surface area contributed by atoms with E-state index in [9.17, 15) is 9.90 Å². The largest absolute Gasteiger partial charge is 0.497 e. The lowest BCUT2D eigenvalue weighted by atomic mass is 9.96. The molecule has 6 heteroatoms. The third kappa shape index (κ3) is 5.36. The number of carboxylic acids is 1. The summed E-state index contributed by atoms with van der Waals surface area (Å²) in [6, 6.07) is 14.7. The van der Waals surface area contributed by atoms with Gasteiger partial charge in [-0.1, -0.05) is 37.1 Å². The number of hydrogen-bond donors (Lipinski definition) is 1. The fourth-order valence-corrected chi connectivity index (χ4v) is 3.73. The monoisotopic (exact) mass is 439 g/mol. The lowest BCUT2D eigenvalue weighted by Gasteiger charge is -2.15. The molecule has 0 radical (unpaired) electrons. The third-order valence-corrected chi connectivity index (χ3v) is 5.42. The van der Waals surface area contributed by atoms with E-state index in [2.05, 4.69) is 6.92 Å². The Balaban J connectivity index is 2.01. The molecular weight excluding hydrogens is 414 g/mol. The molecule has 0 aliphatic carbocycles. The zero-order valence-electron chi connectivity index (χ0n) is 17.9. The number of aryl methyl sites for hydroxylation is 3. The van der Waals surface area contributed by atoms with Crippen molar-refractivity contribution in [2.24, 2.45) is 0 Å². The Kier molecular flexibility index (Phi) is 7.53. The van der Waals surface area contributed by atoms with Gasteiger partial charge in [-0.15, -0.1) is 0 Å². The van der Waals surface area contributed by atoms with Crippen LogP contribution in [0.2, 0.25) is 5.02 Å². The first-order valence-corrected chi connectivity index (χ1v) is 10.6. The fraction of sp³-hybridized carbons (Fsp3) is 0.280. The summed E-state index contributed by atoms with van der Waals surface area (Å²) in [5.74, 6) is 0.481. The molecule has 0 saturated heterocycles. The molecule has 2 aromatic carbocycles. The predicted octanol–water partition coefficient (Wildman–Crippen LogP) is 5.86. The van der Waals surface area contributed by atoms with E-state index in [4.69, 9.17) is 26.1 Å². The second-order valence-electron chi connectivity index (χ2n) is 7.22. The number of rotatable bonds is 9. The van der Waals surface area contributed by atoms with E-state index in [1.807, 2.05) is 30.3 Å². The van der Waals surface area contributed by atoms with Crippen molar-refractivity contribution < 1.29 is 19.4 Å². The maximum atomic E-state index is 12.1. The molecule has 0 atom stereocenters. The number of methoxy groups -OCH3 is 2. The highest BCUT2D eigenvalue weighted by Gasteiger charge is 2.18. The second-order valence-corrected chi connectivity index (χ2v) is 7.65. The van der Waals surface area contributed by atoms with Crippen molar-refractivity contribution in [3.8, 4) is 22.6 Å². The van der Waals surface area contributed by atoms with Gasteiger partial charge >= 0.3 is 5.97 Å². The number of pyridine rings is 1. The highest BCUT2D eigenvalue weighted by Crippen LogP contribution is 2.30. The SMILES string of the molecule is CCCc1nc(CCc2cc(OC)ccc2OC)c(C(=O)O)cc1-c1ccc(Cl)cc1. The van der Waals surface area contributed by atoms with Crippen LogP contribution >= 0.6 is 11.6 Å². The molecule has 0 bridgehead atoms. The molecule has 0 amide bonds. The van der Waals surface area contributed by atoms with E-state index in [0.29, 0.717) is 23.6 Å². The van der Waals surface area contributed by atoms with Gasteiger partial charge < -0.3 is 14.6 Å². The van der Waals surface area contributed by atoms with Gasteiger partial charge in [-0.05, 0) is 66.8 Å². The molecule has 0 fully saturated rings. The maximum Gasteiger partial charge on any atom is 0.337 e. The van der Waals surface area contributed by atoms with E-state index in [1.165, 1.54) is 0 Å². The summed E-state index contributed by atoms with van der Waals surface area (Å²) >= 11 is 6.02. The van der Waals surface area contributed by atoms with E-state index in [-0.39, 0.29) is 5.56 Å². The Morgan fingerprint density at radius 3 is 2.32 bits per heavy atom. The summed E-state index contributed by atoms with van der Waals surface area (Å²) in [6.07, 6.45) is 2.72. The third-order valence-electron chi connectivity index (χ3n) is 5.17. The van der Waals surface area contributed by atoms with Crippen molar-refractivity contribution in [1.82, 2.24) is 4.98 Å². The van der Waals surface area contributed by atoms with Crippen molar-refractivity contribution in [1.29, 1.82) is 0 Å². The van der Waals surface area contributed by atoms with Crippen molar-refractivity contribution in [2.75, 3.05) is 14.2 Å². The highest BCUT2D eigenvalue weighted by atomic mass is 35.5. The maximum absolute atomic E-state index is 12.1. The summed E-state index contributed by atoms with van der Waals surface area (Å²) in [5, 5.41) is 10.5. The fourth-order valence-electron chi connectivity index (χ4n) is 3.61. The number of benzene rings is 2. The van der Waals surface area contributed by atoms with Gasteiger partial charge in [-0.2, -0.15) is 0 Å². The predicted molar refractivity (Wildman–Crippen MR) is 123 cm³/mol. The number of nitrogens with zero attached hydrogens (tertiary/aromatic N) is 1. The molecule has 0 spiro atoms. The molecule has 3 aromatic rings. The van der Waals surface area contributed by atoms with Crippen LogP contribution < -0.4 is 9.47 Å². The molecular formula is C25H26ClNO4. The quantitative estimate of drug-likeness (QED) is 0.452. The zero-order valence-corrected chi connectivity index (χ0v) is 18.7. The Bertz CT molecular complexity index is 1060. The van der Waals surface area contributed by atoms with Crippen molar-refractivity contribution in [3.63, 3.8) is 0 Å². The molecule has 0 aliphatic heterocycles. The van der Waals surface area contributed by atoms with Crippen molar-refractivity contribution >= 4 is 17.6 Å².